The van der Waals surface area contributed by atoms with Crippen LogP contribution in [-0.2, 0) is 10.0 Å². The number of nitrogens with zero attached hydrogens (tertiary/aromatic N) is 1. The van der Waals surface area contributed by atoms with Crippen molar-refractivity contribution in [3.8, 4) is 0 Å². The van der Waals surface area contributed by atoms with E-state index in [1.54, 1.807) is 13.0 Å². The molecule has 0 aliphatic carbocycles. The standard InChI is InChI=1S/C19H20F2N2O3S/c1-13-5-7-15(27(25,26)23-9-3-2-4-10-23)12-18(13)22-19(24)16-8-6-14(20)11-17(16)21/h5-8,11-12H,2-4,9-10H2,1H3,(H,22,24). The van der Waals surface area contributed by atoms with Crippen LogP contribution in [0.1, 0.15) is 35.2 Å². The summed E-state index contributed by atoms with van der Waals surface area (Å²) in [5, 5.41) is 2.52. The number of carbonyl (C=O) groups is 1. The highest BCUT2D eigenvalue weighted by molar-refractivity contribution is 7.89. The summed E-state index contributed by atoms with van der Waals surface area (Å²) < 4.78 is 53.9. The van der Waals surface area contributed by atoms with E-state index < -0.39 is 27.6 Å². The number of hydrogen-bond acceptors (Lipinski definition) is 3. The number of nitrogens with one attached hydrogen (secondary N) is 1. The molecular formula is C19H20F2N2O3S. The number of halogens is 2. The Kier molecular flexibility index (Phi) is 5.57. The first-order valence-corrected chi connectivity index (χ1v) is 10.1. The molecule has 1 heterocycles. The molecule has 0 spiro atoms. The van der Waals surface area contributed by atoms with Crippen LogP contribution < -0.4 is 5.32 Å². The van der Waals surface area contributed by atoms with Crippen molar-refractivity contribution in [2.45, 2.75) is 31.1 Å². The van der Waals surface area contributed by atoms with Crippen LogP contribution in [0, 0.1) is 18.6 Å². The molecule has 0 radical (unpaired) electrons. The molecule has 1 N–H and O–H groups in total. The minimum Gasteiger partial charge on any atom is -0.322 e. The maximum atomic E-state index is 13.8. The zero-order chi connectivity index (χ0) is 19.6. The van der Waals surface area contributed by atoms with Crippen LogP contribution >= 0.6 is 0 Å². The number of rotatable bonds is 4. The SMILES string of the molecule is Cc1ccc(S(=O)(=O)N2CCCCC2)cc1NC(=O)c1ccc(F)cc1F. The lowest BCUT2D eigenvalue weighted by atomic mass is 10.1. The van der Waals surface area contributed by atoms with Gasteiger partial charge in [-0.15, -0.1) is 0 Å². The second-order valence-electron chi connectivity index (χ2n) is 6.52. The normalized spacial score (nSPS) is 15.5. The summed E-state index contributed by atoms with van der Waals surface area (Å²) in [7, 11) is -3.66. The minimum absolute atomic E-state index is 0.0740. The van der Waals surface area contributed by atoms with E-state index in [4.69, 9.17) is 0 Å². The molecule has 1 aliphatic rings. The van der Waals surface area contributed by atoms with Crippen molar-refractivity contribution >= 4 is 21.6 Å². The number of amides is 1. The predicted molar refractivity (Wildman–Crippen MR) is 98.1 cm³/mol. The molecule has 0 aromatic heterocycles. The fraction of sp³-hybridized carbons (Fsp3) is 0.316. The first kappa shape index (κ1) is 19.4. The Bertz CT molecular complexity index is 971. The molecular weight excluding hydrogens is 374 g/mol. The number of hydrogen-bond donors (Lipinski definition) is 1. The number of benzene rings is 2. The Hall–Kier alpha value is -2.32. The topological polar surface area (TPSA) is 66.5 Å². The first-order chi connectivity index (χ1) is 12.8. The van der Waals surface area contributed by atoms with Crippen LogP contribution in [0.25, 0.3) is 0 Å². The molecule has 2 aromatic carbocycles. The molecule has 144 valence electrons. The summed E-state index contributed by atoms with van der Waals surface area (Å²) in [5.74, 6) is -2.54. The third-order valence-corrected chi connectivity index (χ3v) is 6.48. The van der Waals surface area contributed by atoms with Gasteiger partial charge in [0.05, 0.1) is 10.5 Å². The monoisotopic (exact) mass is 394 g/mol. The molecule has 0 atom stereocenters. The molecule has 1 amide bonds. The van der Waals surface area contributed by atoms with Gasteiger partial charge in [-0.1, -0.05) is 12.5 Å². The van der Waals surface area contributed by atoms with Crippen LogP contribution in [-0.4, -0.2) is 31.7 Å². The summed E-state index contributed by atoms with van der Waals surface area (Å²) in [6.07, 6.45) is 2.64. The van der Waals surface area contributed by atoms with Crippen LogP contribution in [0.3, 0.4) is 0 Å². The Morgan fingerprint density at radius 2 is 1.74 bits per heavy atom. The molecule has 1 fully saturated rings. The van der Waals surface area contributed by atoms with E-state index in [0.29, 0.717) is 24.7 Å². The molecule has 5 nitrogen and oxygen atoms in total. The third-order valence-electron chi connectivity index (χ3n) is 4.59. The van der Waals surface area contributed by atoms with E-state index in [0.717, 1.165) is 31.4 Å². The summed E-state index contributed by atoms with van der Waals surface area (Å²) in [6.45, 7) is 2.64. The summed E-state index contributed by atoms with van der Waals surface area (Å²) in [4.78, 5) is 12.4. The van der Waals surface area contributed by atoms with Gasteiger partial charge in [-0.05, 0) is 49.6 Å². The van der Waals surface area contributed by atoms with Crippen molar-refractivity contribution in [3.63, 3.8) is 0 Å². The van der Waals surface area contributed by atoms with Crippen molar-refractivity contribution in [1.82, 2.24) is 4.31 Å². The van der Waals surface area contributed by atoms with E-state index in [9.17, 15) is 22.0 Å². The second-order valence-corrected chi connectivity index (χ2v) is 8.46. The quantitative estimate of drug-likeness (QED) is 0.860. The van der Waals surface area contributed by atoms with E-state index in [2.05, 4.69) is 5.32 Å². The lowest BCUT2D eigenvalue weighted by Crippen LogP contribution is -2.35. The fourth-order valence-electron chi connectivity index (χ4n) is 3.01. The van der Waals surface area contributed by atoms with Gasteiger partial charge in [0.1, 0.15) is 11.6 Å². The number of piperidine rings is 1. The highest BCUT2D eigenvalue weighted by Crippen LogP contribution is 2.25. The van der Waals surface area contributed by atoms with Crippen molar-refractivity contribution in [3.05, 3.63) is 59.2 Å². The van der Waals surface area contributed by atoms with Crippen LogP contribution in [0.2, 0.25) is 0 Å². The van der Waals surface area contributed by atoms with Gasteiger partial charge in [-0.3, -0.25) is 4.79 Å². The fourth-order valence-corrected chi connectivity index (χ4v) is 4.56. The summed E-state index contributed by atoms with van der Waals surface area (Å²) in [6, 6.07) is 7.12. The van der Waals surface area contributed by atoms with E-state index in [1.165, 1.54) is 16.4 Å². The molecule has 2 aromatic rings. The van der Waals surface area contributed by atoms with Gasteiger partial charge in [0.15, 0.2) is 0 Å². The van der Waals surface area contributed by atoms with E-state index in [1.807, 2.05) is 0 Å². The van der Waals surface area contributed by atoms with Crippen molar-refractivity contribution in [1.29, 1.82) is 0 Å². The van der Waals surface area contributed by atoms with E-state index in [-0.39, 0.29) is 16.1 Å². The van der Waals surface area contributed by atoms with Crippen molar-refractivity contribution < 1.29 is 22.0 Å². The summed E-state index contributed by atoms with van der Waals surface area (Å²) >= 11 is 0. The van der Waals surface area contributed by atoms with Gasteiger partial charge < -0.3 is 5.32 Å². The molecule has 27 heavy (non-hydrogen) atoms. The van der Waals surface area contributed by atoms with Crippen LogP contribution in [0.15, 0.2) is 41.3 Å². The molecule has 1 saturated heterocycles. The predicted octanol–water partition coefficient (Wildman–Crippen LogP) is 3.70. The maximum Gasteiger partial charge on any atom is 0.258 e. The van der Waals surface area contributed by atoms with Gasteiger partial charge in [0.2, 0.25) is 10.0 Å². The largest absolute Gasteiger partial charge is 0.322 e. The van der Waals surface area contributed by atoms with Crippen LogP contribution in [0.4, 0.5) is 14.5 Å². The maximum absolute atomic E-state index is 13.8. The minimum atomic E-state index is -3.66. The van der Waals surface area contributed by atoms with Gasteiger partial charge >= 0.3 is 0 Å². The smallest absolute Gasteiger partial charge is 0.258 e. The lowest BCUT2D eigenvalue weighted by molar-refractivity contribution is 0.102. The molecule has 1 aliphatic heterocycles. The number of sulfonamides is 1. The first-order valence-electron chi connectivity index (χ1n) is 8.66. The average molecular weight is 394 g/mol. The molecule has 0 bridgehead atoms. The zero-order valence-corrected chi connectivity index (χ0v) is 15.7. The second kappa shape index (κ2) is 7.74. The molecule has 0 unspecified atom stereocenters. The molecule has 0 saturated carbocycles. The highest BCUT2D eigenvalue weighted by atomic mass is 32.2. The van der Waals surface area contributed by atoms with Crippen molar-refractivity contribution in [2.24, 2.45) is 0 Å². The summed E-state index contributed by atoms with van der Waals surface area (Å²) in [5.41, 5.74) is 0.574. The van der Waals surface area contributed by atoms with E-state index >= 15 is 0 Å². The molecule has 3 rings (SSSR count). The van der Waals surface area contributed by atoms with Gasteiger partial charge in [-0.2, -0.15) is 4.31 Å². The number of carbonyl (C=O) groups excluding carboxylic acids is 1. The number of anilines is 1. The van der Waals surface area contributed by atoms with Crippen LogP contribution in [0.5, 0.6) is 0 Å². The van der Waals surface area contributed by atoms with Gasteiger partial charge in [0, 0.05) is 24.8 Å². The van der Waals surface area contributed by atoms with Gasteiger partial charge in [-0.25, -0.2) is 17.2 Å². The number of aryl methyl sites for hydroxylation is 1. The Morgan fingerprint density at radius 1 is 1.04 bits per heavy atom. The Balaban J connectivity index is 1.88. The Labute approximate surface area is 157 Å². The molecule has 8 heteroatoms. The lowest BCUT2D eigenvalue weighted by Gasteiger charge is -2.26. The van der Waals surface area contributed by atoms with Gasteiger partial charge in [0.25, 0.3) is 5.91 Å². The average Bonchev–Trinajstić information content (AvgIpc) is 2.64. The third kappa shape index (κ3) is 4.17. The highest BCUT2D eigenvalue weighted by Gasteiger charge is 2.26. The van der Waals surface area contributed by atoms with Crippen molar-refractivity contribution in [2.75, 3.05) is 18.4 Å². The zero-order valence-electron chi connectivity index (χ0n) is 14.8. The Morgan fingerprint density at radius 3 is 2.41 bits per heavy atom.